The second-order valence-electron chi connectivity index (χ2n) is 5.78. The minimum absolute atomic E-state index is 0.0155. The highest BCUT2D eigenvalue weighted by molar-refractivity contribution is 5.77. The van der Waals surface area contributed by atoms with E-state index < -0.39 is 0 Å². The molecule has 1 aliphatic heterocycles. The standard InChI is InChI=1S/C17H19N5O2/c18-8-7-14-3-5-16(6-4-14)24-11-17(23)21-9-1-2-15(10-21)22-13-19-12-20-22/h3-6,12-13,15H,1-2,7,9-11H2. The van der Waals surface area contributed by atoms with Crippen molar-refractivity contribution in [2.24, 2.45) is 0 Å². The molecule has 1 amide bonds. The Balaban J connectivity index is 1.52. The monoisotopic (exact) mass is 325 g/mol. The number of aromatic nitrogens is 3. The van der Waals surface area contributed by atoms with Gasteiger partial charge in [-0.05, 0) is 30.5 Å². The number of rotatable bonds is 5. The predicted molar refractivity (Wildman–Crippen MR) is 86.1 cm³/mol. The molecule has 3 rings (SSSR count). The van der Waals surface area contributed by atoms with Crippen molar-refractivity contribution in [3.05, 3.63) is 42.5 Å². The molecule has 1 aliphatic rings. The van der Waals surface area contributed by atoms with Gasteiger partial charge in [0.2, 0.25) is 0 Å². The third kappa shape index (κ3) is 3.90. The van der Waals surface area contributed by atoms with Crippen LogP contribution in [0.4, 0.5) is 0 Å². The van der Waals surface area contributed by atoms with Crippen LogP contribution >= 0.6 is 0 Å². The van der Waals surface area contributed by atoms with Crippen LogP contribution in [0.25, 0.3) is 0 Å². The Hall–Kier alpha value is -2.88. The Bertz CT molecular complexity index is 706. The van der Waals surface area contributed by atoms with Crippen LogP contribution in [0.1, 0.15) is 24.4 Å². The lowest BCUT2D eigenvalue weighted by Gasteiger charge is -2.32. The number of nitrogens with zero attached hydrogens (tertiary/aromatic N) is 5. The SMILES string of the molecule is N#CCc1ccc(OCC(=O)N2CCCC(n3cncn3)C2)cc1. The Labute approximate surface area is 140 Å². The molecule has 2 heterocycles. The van der Waals surface area contributed by atoms with Gasteiger partial charge in [0.1, 0.15) is 18.4 Å². The topological polar surface area (TPSA) is 84.0 Å². The van der Waals surface area contributed by atoms with Gasteiger partial charge in [-0.25, -0.2) is 9.67 Å². The average molecular weight is 325 g/mol. The fourth-order valence-electron chi connectivity index (χ4n) is 2.83. The van der Waals surface area contributed by atoms with Crippen LogP contribution in [-0.2, 0) is 11.2 Å². The summed E-state index contributed by atoms with van der Waals surface area (Å²) in [7, 11) is 0. The first-order chi connectivity index (χ1) is 11.8. The van der Waals surface area contributed by atoms with Gasteiger partial charge in [-0.15, -0.1) is 0 Å². The summed E-state index contributed by atoms with van der Waals surface area (Å²) in [6.07, 6.45) is 5.52. The van der Waals surface area contributed by atoms with E-state index in [4.69, 9.17) is 10.00 Å². The lowest BCUT2D eigenvalue weighted by Crippen LogP contribution is -2.43. The van der Waals surface area contributed by atoms with Crippen molar-refractivity contribution in [3.8, 4) is 11.8 Å². The quantitative estimate of drug-likeness (QED) is 0.833. The molecule has 1 fully saturated rings. The van der Waals surface area contributed by atoms with Gasteiger partial charge in [-0.3, -0.25) is 4.79 Å². The molecule has 7 nitrogen and oxygen atoms in total. The minimum atomic E-state index is -0.0269. The molecule has 24 heavy (non-hydrogen) atoms. The number of hydrogen-bond acceptors (Lipinski definition) is 5. The molecule has 1 atom stereocenters. The normalized spacial score (nSPS) is 17.3. The fraction of sp³-hybridized carbons (Fsp3) is 0.412. The Morgan fingerprint density at radius 3 is 2.92 bits per heavy atom. The molecule has 0 spiro atoms. The minimum Gasteiger partial charge on any atom is -0.484 e. The first kappa shape index (κ1) is 16.0. The highest BCUT2D eigenvalue weighted by atomic mass is 16.5. The Morgan fingerprint density at radius 2 is 2.21 bits per heavy atom. The number of hydrogen-bond donors (Lipinski definition) is 0. The van der Waals surface area contributed by atoms with Crippen LogP contribution in [0.5, 0.6) is 5.75 Å². The van der Waals surface area contributed by atoms with Gasteiger partial charge in [-0.2, -0.15) is 10.4 Å². The molecule has 2 aromatic rings. The number of amides is 1. The maximum atomic E-state index is 12.4. The second-order valence-corrected chi connectivity index (χ2v) is 5.78. The first-order valence-electron chi connectivity index (χ1n) is 7.97. The molecule has 1 aromatic heterocycles. The second kappa shape index (κ2) is 7.59. The fourth-order valence-corrected chi connectivity index (χ4v) is 2.83. The van der Waals surface area contributed by atoms with Crippen molar-refractivity contribution >= 4 is 5.91 Å². The maximum absolute atomic E-state index is 12.4. The Kier molecular flexibility index (Phi) is 5.06. The maximum Gasteiger partial charge on any atom is 0.260 e. The van der Waals surface area contributed by atoms with Crippen molar-refractivity contribution in [1.82, 2.24) is 19.7 Å². The largest absolute Gasteiger partial charge is 0.484 e. The van der Waals surface area contributed by atoms with Crippen molar-refractivity contribution in [3.63, 3.8) is 0 Å². The van der Waals surface area contributed by atoms with Gasteiger partial charge >= 0.3 is 0 Å². The molecular formula is C17H19N5O2. The van der Waals surface area contributed by atoms with Gasteiger partial charge < -0.3 is 9.64 Å². The highest BCUT2D eigenvalue weighted by Crippen LogP contribution is 2.20. The number of carbonyl (C=O) groups is 1. The van der Waals surface area contributed by atoms with Crippen molar-refractivity contribution in [1.29, 1.82) is 5.26 Å². The van der Waals surface area contributed by atoms with Crippen LogP contribution in [0.15, 0.2) is 36.9 Å². The molecule has 7 heteroatoms. The summed E-state index contributed by atoms with van der Waals surface area (Å²) in [4.78, 5) is 18.2. The number of benzene rings is 1. The van der Waals surface area contributed by atoms with E-state index in [0.29, 0.717) is 18.7 Å². The molecule has 1 unspecified atom stereocenters. The molecule has 0 saturated carbocycles. The van der Waals surface area contributed by atoms with E-state index in [-0.39, 0.29) is 18.6 Å². The molecule has 1 saturated heterocycles. The summed E-state index contributed by atoms with van der Waals surface area (Å²) >= 11 is 0. The van der Waals surface area contributed by atoms with E-state index in [1.165, 1.54) is 6.33 Å². The van der Waals surface area contributed by atoms with Crippen LogP contribution in [0.3, 0.4) is 0 Å². The zero-order valence-corrected chi connectivity index (χ0v) is 13.3. The zero-order chi connectivity index (χ0) is 16.8. The van der Waals surface area contributed by atoms with Crippen LogP contribution in [0, 0.1) is 11.3 Å². The average Bonchev–Trinajstić information content (AvgIpc) is 3.16. The summed E-state index contributed by atoms with van der Waals surface area (Å²) in [5.41, 5.74) is 0.933. The van der Waals surface area contributed by atoms with Gasteiger partial charge in [-0.1, -0.05) is 12.1 Å². The van der Waals surface area contributed by atoms with Crippen molar-refractivity contribution < 1.29 is 9.53 Å². The zero-order valence-electron chi connectivity index (χ0n) is 13.3. The summed E-state index contributed by atoms with van der Waals surface area (Å²) in [5, 5.41) is 12.8. The van der Waals surface area contributed by atoms with Crippen LogP contribution in [-0.4, -0.2) is 45.3 Å². The molecule has 0 radical (unpaired) electrons. The molecule has 0 aliphatic carbocycles. The summed E-state index contributed by atoms with van der Waals surface area (Å²) in [5.74, 6) is 0.607. The predicted octanol–water partition coefficient (Wildman–Crippen LogP) is 1.59. The van der Waals surface area contributed by atoms with E-state index in [1.54, 1.807) is 18.5 Å². The number of nitriles is 1. The van der Waals surface area contributed by atoms with Gasteiger partial charge in [0.25, 0.3) is 5.91 Å². The molecule has 124 valence electrons. The smallest absolute Gasteiger partial charge is 0.260 e. The lowest BCUT2D eigenvalue weighted by atomic mass is 10.1. The van der Waals surface area contributed by atoms with Crippen molar-refractivity contribution in [2.75, 3.05) is 19.7 Å². The van der Waals surface area contributed by atoms with E-state index in [1.807, 2.05) is 21.7 Å². The van der Waals surface area contributed by atoms with Gasteiger partial charge in [0, 0.05) is 13.1 Å². The summed E-state index contributed by atoms with van der Waals surface area (Å²) in [6, 6.07) is 9.52. The molecule has 0 bridgehead atoms. The third-order valence-corrected chi connectivity index (χ3v) is 4.13. The number of piperidine rings is 1. The molecule has 0 N–H and O–H groups in total. The van der Waals surface area contributed by atoms with E-state index in [0.717, 1.165) is 24.9 Å². The number of carbonyl (C=O) groups excluding carboxylic acids is 1. The van der Waals surface area contributed by atoms with E-state index >= 15 is 0 Å². The van der Waals surface area contributed by atoms with Gasteiger partial charge in [0.05, 0.1) is 18.5 Å². The molecular weight excluding hydrogens is 306 g/mol. The third-order valence-electron chi connectivity index (χ3n) is 4.13. The van der Waals surface area contributed by atoms with Gasteiger partial charge in [0.15, 0.2) is 6.61 Å². The summed E-state index contributed by atoms with van der Waals surface area (Å²) < 4.78 is 7.38. The Morgan fingerprint density at radius 1 is 1.38 bits per heavy atom. The molecule has 1 aromatic carbocycles. The van der Waals surface area contributed by atoms with E-state index in [9.17, 15) is 4.79 Å². The number of ether oxygens (including phenoxy) is 1. The first-order valence-corrected chi connectivity index (χ1v) is 7.97. The number of likely N-dealkylation sites (tertiary alicyclic amines) is 1. The summed E-state index contributed by atoms with van der Waals surface area (Å²) in [6.45, 7) is 1.39. The highest BCUT2D eigenvalue weighted by Gasteiger charge is 2.25. The van der Waals surface area contributed by atoms with Crippen LogP contribution in [0.2, 0.25) is 0 Å². The van der Waals surface area contributed by atoms with Crippen LogP contribution < -0.4 is 4.74 Å². The van der Waals surface area contributed by atoms with E-state index in [2.05, 4.69) is 16.2 Å². The van der Waals surface area contributed by atoms with Crippen molar-refractivity contribution in [2.45, 2.75) is 25.3 Å². The lowest BCUT2D eigenvalue weighted by molar-refractivity contribution is -0.135.